The second-order valence-corrected chi connectivity index (χ2v) is 13.8. The van der Waals surface area contributed by atoms with Gasteiger partial charge < -0.3 is 15.2 Å². The smallest absolute Gasteiger partial charge is 0.341 e. The van der Waals surface area contributed by atoms with Gasteiger partial charge in [0.2, 0.25) is 0 Å². The van der Waals surface area contributed by atoms with Crippen LogP contribution in [0.1, 0.15) is 32.9 Å². The third-order valence-electron chi connectivity index (χ3n) is 6.85. The molecule has 0 aliphatic carbocycles. The number of aryl methyl sites for hydroxylation is 3. The van der Waals surface area contributed by atoms with E-state index >= 15 is 0 Å². The number of carboxylic acid groups (broad SMARTS) is 1. The number of sulfone groups is 1. The number of thiazole rings is 1. The van der Waals surface area contributed by atoms with Crippen LogP contribution in [0.15, 0.2) is 95.9 Å². The summed E-state index contributed by atoms with van der Waals surface area (Å²) in [5.41, 5.74) is 3.46. The molecule has 0 fully saturated rings. The maximum Gasteiger partial charge on any atom is 0.341 e. The maximum atomic E-state index is 13.3. The van der Waals surface area contributed by atoms with Crippen LogP contribution in [0.25, 0.3) is 10.2 Å². The summed E-state index contributed by atoms with van der Waals surface area (Å²) in [4.78, 5) is 29.3. The average Bonchev–Trinajstić information content (AvgIpc) is 3.43. The van der Waals surface area contributed by atoms with E-state index in [1.807, 2.05) is 42.5 Å². The quantitative estimate of drug-likeness (QED) is 0.143. The van der Waals surface area contributed by atoms with E-state index in [4.69, 9.17) is 21.4 Å². The first kappa shape index (κ1) is 31.2. The number of carboxylic acids is 1. The number of rotatable bonds is 13. The number of para-hydroxylation sites is 1. The van der Waals surface area contributed by atoms with Crippen molar-refractivity contribution in [3.05, 3.63) is 118 Å². The molecule has 0 saturated heterocycles. The summed E-state index contributed by atoms with van der Waals surface area (Å²) < 4.78 is 32.0. The number of carbonyl (C=O) groups excluding carboxylic acids is 1. The molecule has 11 heteroatoms. The number of aliphatic carboxylic acids is 1. The Morgan fingerprint density at radius 3 is 2.43 bits per heavy atom. The Balaban J connectivity index is 1.26. The first-order valence-electron chi connectivity index (χ1n) is 13.9. The van der Waals surface area contributed by atoms with Crippen molar-refractivity contribution in [3.8, 4) is 5.75 Å². The Labute approximate surface area is 264 Å². The van der Waals surface area contributed by atoms with Gasteiger partial charge in [-0.05, 0) is 91.1 Å². The molecular formula is C33H29ClN2O6S2. The third kappa shape index (κ3) is 8.22. The van der Waals surface area contributed by atoms with Crippen molar-refractivity contribution in [2.75, 3.05) is 17.7 Å². The lowest BCUT2D eigenvalue weighted by molar-refractivity contribution is -0.139. The van der Waals surface area contributed by atoms with E-state index in [2.05, 4.69) is 10.3 Å². The fourth-order valence-electron chi connectivity index (χ4n) is 4.66. The van der Waals surface area contributed by atoms with E-state index in [9.17, 15) is 18.0 Å². The largest absolute Gasteiger partial charge is 0.480 e. The highest BCUT2D eigenvalue weighted by molar-refractivity contribution is 7.91. The number of nitrogens with zero attached hydrogens (tertiary/aromatic N) is 1. The highest BCUT2D eigenvalue weighted by Gasteiger charge is 2.16. The number of nitrogens with one attached hydrogen (secondary N) is 1. The minimum absolute atomic E-state index is 0.0720. The fourth-order valence-corrected chi connectivity index (χ4v) is 7.07. The van der Waals surface area contributed by atoms with Crippen LogP contribution in [0.2, 0.25) is 5.02 Å². The molecule has 44 heavy (non-hydrogen) atoms. The van der Waals surface area contributed by atoms with Crippen LogP contribution in [0.3, 0.4) is 0 Å². The second kappa shape index (κ2) is 14.0. The Kier molecular flexibility index (Phi) is 9.94. The van der Waals surface area contributed by atoms with Crippen LogP contribution in [0.5, 0.6) is 5.75 Å². The first-order valence-corrected chi connectivity index (χ1v) is 16.7. The van der Waals surface area contributed by atoms with E-state index < -0.39 is 22.4 Å². The molecule has 226 valence electrons. The topological polar surface area (TPSA) is 123 Å². The molecule has 0 aliphatic heterocycles. The van der Waals surface area contributed by atoms with Crippen molar-refractivity contribution in [2.45, 2.75) is 30.6 Å². The van der Waals surface area contributed by atoms with Crippen LogP contribution in [-0.2, 0) is 33.9 Å². The van der Waals surface area contributed by atoms with Crippen LogP contribution >= 0.6 is 22.9 Å². The van der Waals surface area contributed by atoms with Gasteiger partial charge in [-0.25, -0.2) is 18.2 Å². The third-order valence-corrected chi connectivity index (χ3v) is 10.0. The van der Waals surface area contributed by atoms with Gasteiger partial charge in [-0.1, -0.05) is 41.9 Å². The number of halogens is 1. The summed E-state index contributed by atoms with van der Waals surface area (Å²) in [6.07, 6.45) is 2.20. The van der Waals surface area contributed by atoms with Gasteiger partial charge in [0, 0.05) is 17.0 Å². The van der Waals surface area contributed by atoms with Gasteiger partial charge >= 0.3 is 5.97 Å². The number of fused-ring (bicyclic) bond motifs is 1. The summed E-state index contributed by atoms with van der Waals surface area (Å²) >= 11 is 7.54. The molecular weight excluding hydrogens is 620 g/mol. The van der Waals surface area contributed by atoms with E-state index in [-0.39, 0.29) is 22.3 Å². The Bertz CT molecular complexity index is 1870. The molecule has 8 nitrogen and oxygen atoms in total. The molecule has 2 N–H and O–H groups in total. The minimum Gasteiger partial charge on any atom is -0.480 e. The van der Waals surface area contributed by atoms with Gasteiger partial charge in [0.05, 0.1) is 31.6 Å². The van der Waals surface area contributed by atoms with Gasteiger partial charge in [-0.2, -0.15) is 0 Å². The number of benzene rings is 4. The zero-order valence-corrected chi connectivity index (χ0v) is 25.9. The van der Waals surface area contributed by atoms with E-state index in [1.165, 1.54) is 24.3 Å². The predicted molar refractivity (Wildman–Crippen MR) is 173 cm³/mol. The number of aromatic nitrogens is 1. The monoisotopic (exact) mass is 648 g/mol. The lowest BCUT2D eigenvalue weighted by Crippen LogP contribution is -2.15. The highest BCUT2D eigenvalue weighted by atomic mass is 35.5. The maximum absolute atomic E-state index is 13.3. The Morgan fingerprint density at radius 2 is 1.66 bits per heavy atom. The van der Waals surface area contributed by atoms with Crippen molar-refractivity contribution in [3.63, 3.8) is 0 Å². The number of amides is 1. The fraction of sp³-hybridized carbons (Fsp3) is 0.182. The molecule has 0 saturated carbocycles. The SMILES string of the molecule is O=C(O)COc1ccc(CCCS(=O)(=O)c2ccc(Cl)cc2)cc1NC(=O)c1cccc(CCc2nc3ccccc3s2)c1. The molecule has 0 bridgehead atoms. The van der Waals surface area contributed by atoms with Gasteiger partial charge in [0.1, 0.15) is 5.75 Å². The van der Waals surface area contributed by atoms with E-state index in [0.717, 1.165) is 32.8 Å². The average molecular weight is 649 g/mol. The second-order valence-electron chi connectivity index (χ2n) is 10.1. The molecule has 0 aliphatic rings. The Morgan fingerprint density at radius 1 is 0.886 bits per heavy atom. The van der Waals surface area contributed by atoms with Crippen molar-refractivity contribution in [2.24, 2.45) is 0 Å². The Hall–Kier alpha value is -4.25. The highest BCUT2D eigenvalue weighted by Crippen LogP contribution is 2.28. The summed E-state index contributed by atoms with van der Waals surface area (Å²) in [5, 5.41) is 13.4. The molecule has 0 spiro atoms. The van der Waals surface area contributed by atoms with Gasteiger partial charge in [-0.15, -0.1) is 11.3 Å². The molecule has 0 atom stereocenters. The molecule has 5 aromatic rings. The first-order chi connectivity index (χ1) is 21.2. The molecule has 0 radical (unpaired) electrons. The summed E-state index contributed by atoms with van der Waals surface area (Å²) in [5.74, 6) is -1.41. The number of carbonyl (C=O) groups is 2. The normalized spacial score (nSPS) is 11.4. The van der Waals surface area contributed by atoms with Gasteiger partial charge in [0.25, 0.3) is 5.91 Å². The molecule has 0 unspecified atom stereocenters. The van der Waals surface area contributed by atoms with E-state index in [1.54, 1.807) is 35.6 Å². The van der Waals surface area contributed by atoms with Crippen molar-refractivity contribution < 1.29 is 27.9 Å². The standard InChI is InChI=1S/C33H29ClN2O6S2/c34-25-12-14-26(15-13-25)44(40,41)18-4-6-23-10-16-29(42-21-32(37)38)28(20-23)36-33(39)24-7-3-5-22(19-24)11-17-31-35-27-8-1-2-9-30(27)43-31/h1-3,5,7-10,12-16,19-20H,4,6,11,17-18,21H2,(H,36,39)(H,37,38). The lowest BCUT2D eigenvalue weighted by atomic mass is 10.1. The van der Waals surface area contributed by atoms with Crippen LogP contribution in [0.4, 0.5) is 5.69 Å². The van der Waals surface area contributed by atoms with Gasteiger partial charge in [-0.3, -0.25) is 4.79 Å². The molecule has 1 aromatic heterocycles. The van der Waals surface area contributed by atoms with Crippen LogP contribution < -0.4 is 10.1 Å². The number of ether oxygens (including phenoxy) is 1. The molecule has 1 amide bonds. The molecule has 1 heterocycles. The zero-order valence-electron chi connectivity index (χ0n) is 23.5. The van der Waals surface area contributed by atoms with E-state index in [0.29, 0.717) is 35.5 Å². The van der Waals surface area contributed by atoms with Crippen LogP contribution in [-0.4, -0.2) is 42.7 Å². The lowest BCUT2D eigenvalue weighted by Gasteiger charge is -2.14. The molecule has 4 aromatic carbocycles. The zero-order chi connectivity index (χ0) is 31.1. The summed E-state index contributed by atoms with van der Waals surface area (Å²) in [6.45, 7) is -0.581. The van der Waals surface area contributed by atoms with Crippen molar-refractivity contribution in [1.82, 2.24) is 4.98 Å². The number of hydrogen-bond acceptors (Lipinski definition) is 7. The number of anilines is 1. The molecule has 5 rings (SSSR count). The summed E-state index contributed by atoms with van der Waals surface area (Å²) in [6, 6.07) is 26.4. The van der Waals surface area contributed by atoms with Crippen molar-refractivity contribution in [1.29, 1.82) is 0 Å². The number of hydrogen-bond donors (Lipinski definition) is 2. The van der Waals surface area contributed by atoms with Gasteiger partial charge in [0.15, 0.2) is 16.4 Å². The predicted octanol–water partition coefficient (Wildman–Crippen LogP) is 6.86. The van der Waals surface area contributed by atoms with Crippen molar-refractivity contribution >= 4 is 60.6 Å². The van der Waals surface area contributed by atoms with Crippen LogP contribution in [0, 0.1) is 0 Å². The minimum atomic E-state index is -3.49. The summed E-state index contributed by atoms with van der Waals surface area (Å²) in [7, 11) is -3.49.